The Morgan fingerprint density at radius 3 is 2.47 bits per heavy atom. The van der Waals surface area contributed by atoms with Crippen LogP contribution in [0.5, 0.6) is 0 Å². The molecule has 0 bridgehead atoms. The SMILES string of the molecule is COCC(=O)NCCOCCOCCN. The molecule has 0 unspecified atom stereocenters. The average molecular weight is 220 g/mol. The van der Waals surface area contributed by atoms with Gasteiger partial charge in [0, 0.05) is 20.2 Å². The molecule has 0 aromatic heterocycles. The quantitative estimate of drug-likeness (QED) is 0.449. The van der Waals surface area contributed by atoms with Gasteiger partial charge in [0.15, 0.2) is 0 Å². The minimum absolute atomic E-state index is 0.0829. The lowest BCUT2D eigenvalue weighted by Crippen LogP contribution is -2.30. The largest absolute Gasteiger partial charge is 0.378 e. The maximum atomic E-state index is 10.9. The molecule has 1 amide bonds. The number of nitrogens with two attached hydrogens (primary N) is 1. The number of ether oxygens (including phenoxy) is 3. The summed E-state index contributed by atoms with van der Waals surface area (Å²) in [5.74, 6) is -0.138. The van der Waals surface area contributed by atoms with Crippen LogP contribution in [0.15, 0.2) is 0 Å². The number of methoxy groups -OCH3 is 1. The summed E-state index contributed by atoms with van der Waals surface area (Å²) < 4.78 is 14.9. The number of rotatable bonds is 10. The number of amides is 1. The number of carbonyl (C=O) groups is 1. The molecule has 0 rings (SSSR count). The van der Waals surface area contributed by atoms with Crippen LogP contribution < -0.4 is 11.1 Å². The van der Waals surface area contributed by atoms with E-state index in [9.17, 15) is 4.79 Å². The van der Waals surface area contributed by atoms with Gasteiger partial charge >= 0.3 is 0 Å². The number of carbonyl (C=O) groups excluding carboxylic acids is 1. The smallest absolute Gasteiger partial charge is 0.246 e. The van der Waals surface area contributed by atoms with Crippen molar-refractivity contribution >= 4 is 5.91 Å². The standard InChI is InChI=1S/C9H20N2O4/c1-13-8-9(12)11-3-5-15-7-6-14-4-2-10/h2-8,10H2,1H3,(H,11,12). The monoisotopic (exact) mass is 220 g/mol. The second-order valence-corrected chi connectivity index (χ2v) is 2.80. The molecular weight excluding hydrogens is 200 g/mol. The van der Waals surface area contributed by atoms with Crippen molar-refractivity contribution in [1.29, 1.82) is 0 Å². The lowest BCUT2D eigenvalue weighted by atomic mass is 10.6. The Morgan fingerprint density at radius 2 is 1.87 bits per heavy atom. The first-order chi connectivity index (χ1) is 7.31. The summed E-state index contributed by atoms with van der Waals surface area (Å²) in [6, 6.07) is 0. The zero-order valence-electron chi connectivity index (χ0n) is 9.16. The normalized spacial score (nSPS) is 10.3. The number of hydrogen-bond acceptors (Lipinski definition) is 5. The molecule has 0 saturated carbocycles. The van der Waals surface area contributed by atoms with Crippen molar-refractivity contribution < 1.29 is 19.0 Å². The van der Waals surface area contributed by atoms with Crippen molar-refractivity contribution in [3.63, 3.8) is 0 Å². The third-order valence-electron chi connectivity index (χ3n) is 1.48. The topological polar surface area (TPSA) is 82.8 Å². The third kappa shape index (κ3) is 11.2. The summed E-state index contributed by atoms with van der Waals surface area (Å²) in [6.07, 6.45) is 0. The van der Waals surface area contributed by atoms with Crippen molar-refractivity contribution in [3.8, 4) is 0 Å². The molecule has 0 aliphatic rings. The molecule has 0 aliphatic carbocycles. The molecule has 0 aromatic carbocycles. The minimum atomic E-state index is -0.138. The highest BCUT2D eigenvalue weighted by Crippen LogP contribution is 1.77. The summed E-state index contributed by atoms with van der Waals surface area (Å²) in [7, 11) is 1.48. The van der Waals surface area contributed by atoms with Crippen molar-refractivity contribution in [2.24, 2.45) is 5.73 Å². The highest BCUT2D eigenvalue weighted by molar-refractivity contribution is 5.77. The molecular formula is C9H20N2O4. The highest BCUT2D eigenvalue weighted by Gasteiger charge is 1.97. The van der Waals surface area contributed by atoms with Crippen molar-refractivity contribution in [2.75, 3.05) is 53.2 Å². The van der Waals surface area contributed by atoms with Crippen LogP contribution >= 0.6 is 0 Å². The van der Waals surface area contributed by atoms with Gasteiger partial charge in [0.2, 0.25) is 5.91 Å². The van der Waals surface area contributed by atoms with E-state index >= 15 is 0 Å². The molecule has 0 aliphatic heterocycles. The second-order valence-electron chi connectivity index (χ2n) is 2.80. The van der Waals surface area contributed by atoms with Crippen LogP contribution in [0.4, 0.5) is 0 Å². The molecule has 0 spiro atoms. The van der Waals surface area contributed by atoms with E-state index in [0.29, 0.717) is 39.5 Å². The molecule has 90 valence electrons. The lowest BCUT2D eigenvalue weighted by Gasteiger charge is -2.06. The van der Waals surface area contributed by atoms with Gasteiger partial charge in [-0.15, -0.1) is 0 Å². The summed E-state index contributed by atoms with van der Waals surface area (Å²) in [4.78, 5) is 10.9. The fourth-order valence-electron chi connectivity index (χ4n) is 0.850. The van der Waals surface area contributed by atoms with Gasteiger partial charge in [-0.25, -0.2) is 0 Å². The van der Waals surface area contributed by atoms with E-state index < -0.39 is 0 Å². The maximum absolute atomic E-state index is 10.9. The molecule has 6 heteroatoms. The van der Waals surface area contributed by atoms with Crippen LogP contribution in [-0.4, -0.2) is 59.1 Å². The summed E-state index contributed by atoms with van der Waals surface area (Å²) >= 11 is 0. The summed E-state index contributed by atoms with van der Waals surface area (Å²) in [5.41, 5.74) is 5.23. The first-order valence-corrected chi connectivity index (χ1v) is 4.92. The fraction of sp³-hybridized carbons (Fsp3) is 0.889. The van der Waals surface area contributed by atoms with E-state index in [2.05, 4.69) is 10.1 Å². The maximum Gasteiger partial charge on any atom is 0.246 e. The molecule has 0 saturated heterocycles. The van der Waals surface area contributed by atoms with Crippen molar-refractivity contribution in [1.82, 2.24) is 5.32 Å². The second kappa shape index (κ2) is 11.4. The van der Waals surface area contributed by atoms with E-state index in [1.165, 1.54) is 7.11 Å². The predicted molar refractivity (Wildman–Crippen MR) is 55.6 cm³/mol. The van der Waals surface area contributed by atoms with E-state index in [0.717, 1.165) is 0 Å². The number of nitrogens with one attached hydrogen (secondary N) is 1. The zero-order chi connectivity index (χ0) is 11.4. The first kappa shape index (κ1) is 14.3. The van der Waals surface area contributed by atoms with E-state index in [4.69, 9.17) is 15.2 Å². The van der Waals surface area contributed by atoms with Gasteiger partial charge < -0.3 is 25.3 Å². The fourth-order valence-corrected chi connectivity index (χ4v) is 0.850. The molecule has 0 aromatic rings. The molecule has 0 heterocycles. The Kier molecular flexibility index (Phi) is 10.9. The van der Waals surface area contributed by atoms with Crippen LogP contribution in [0.3, 0.4) is 0 Å². The van der Waals surface area contributed by atoms with Crippen LogP contribution in [0.2, 0.25) is 0 Å². The van der Waals surface area contributed by atoms with Gasteiger partial charge in [0.25, 0.3) is 0 Å². The molecule has 0 fully saturated rings. The molecule has 0 radical (unpaired) electrons. The van der Waals surface area contributed by atoms with Gasteiger partial charge in [-0.1, -0.05) is 0 Å². The van der Waals surface area contributed by atoms with E-state index in [1.807, 2.05) is 0 Å². The van der Waals surface area contributed by atoms with Crippen LogP contribution in [-0.2, 0) is 19.0 Å². The van der Waals surface area contributed by atoms with Gasteiger partial charge in [-0.05, 0) is 0 Å². The third-order valence-corrected chi connectivity index (χ3v) is 1.48. The minimum Gasteiger partial charge on any atom is -0.378 e. The Labute approximate surface area is 90.1 Å². The first-order valence-electron chi connectivity index (χ1n) is 4.92. The molecule has 15 heavy (non-hydrogen) atoms. The van der Waals surface area contributed by atoms with Crippen molar-refractivity contribution in [3.05, 3.63) is 0 Å². The molecule has 6 nitrogen and oxygen atoms in total. The van der Waals surface area contributed by atoms with E-state index in [-0.39, 0.29) is 12.5 Å². The van der Waals surface area contributed by atoms with Gasteiger partial charge in [-0.2, -0.15) is 0 Å². The average Bonchev–Trinajstić information content (AvgIpc) is 2.22. The Morgan fingerprint density at radius 1 is 1.20 bits per heavy atom. The zero-order valence-corrected chi connectivity index (χ0v) is 9.16. The summed E-state index contributed by atoms with van der Waals surface area (Å²) in [6.45, 7) is 3.16. The Bertz CT molecular complexity index is 155. The molecule has 3 N–H and O–H groups in total. The van der Waals surface area contributed by atoms with E-state index in [1.54, 1.807) is 0 Å². The van der Waals surface area contributed by atoms with Gasteiger partial charge in [0.05, 0.1) is 26.4 Å². The lowest BCUT2D eigenvalue weighted by molar-refractivity contribution is -0.124. The van der Waals surface area contributed by atoms with Gasteiger partial charge in [0.1, 0.15) is 6.61 Å². The predicted octanol–water partition coefficient (Wildman–Crippen LogP) is -1.26. The van der Waals surface area contributed by atoms with Crippen LogP contribution in [0, 0.1) is 0 Å². The van der Waals surface area contributed by atoms with Crippen LogP contribution in [0.1, 0.15) is 0 Å². The number of hydrogen-bond donors (Lipinski definition) is 2. The highest BCUT2D eigenvalue weighted by atomic mass is 16.5. The summed E-state index contributed by atoms with van der Waals surface area (Å²) in [5, 5.41) is 2.64. The Balaban J connectivity index is 3.01. The molecule has 0 atom stereocenters. The van der Waals surface area contributed by atoms with Crippen LogP contribution in [0.25, 0.3) is 0 Å². The van der Waals surface area contributed by atoms with Gasteiger partial charge in [-0.3, -0.25) is 4.79 Å². The van der Waals surface area contributed by atoms with Crippen molar-refractivity contribution in [2.45, 2.75) is 0 Å². The Hall–Kier alpha value is -0.690.